The van der Waals surface area contributed by atoms with E-state index in [1.165, 1.54) is 0 Å². The van der Waals surface area contributed by atoms with Crippen LogP contribution in [0.2, 0.25) is 0 Å². The van der Waals surface area contributed by atoms with Crippen LogP contribution in [-0.4, -0.2) is 21.4 Å². The van der Waals surface area contributed by atoms with E-state index < -0.39 is 5.91 Å². The Kier molecular flexibility index (Phi) is 3.79. The van der Waals surface area contributed by atoms with Crippen molar-refractivity contribution in [1.82, 2.24) is 14.9 Å². The minimum Gasteiger partial charge on any atom is -0.368 e. The summed E-state index contributed by atoms with van der Waals surface area (Å²) in [6.07, 6.45) is 0.413. The van der Waals surface area contributed by atoms with Gasteiger partial charge in [-0.05, 0) is 12.1 Å². The molecule has 1 aromatic heterocycles. The molecule has 0 unspecified atom stereocenters. The highest BCUT2D eigenvalue weighted by molar-refractivity contribution is 5.80. The zero-order valence-corrected chi connectivity index (χ0v) is 10.7. The normalized spacial score (nSPS) is 10.6. The van der Waals surface area contributed by atoms with Crippen molar-refractivity contribution in [3.63, 3.8) is 0 Å². The van der Waals surface area contributed by atoms with Crippen molar-refractivity contribution >= 4 is 22.8 Å². The average molecular weight is 260 g/mol. The highest BCUT2D eigenvalue weighted by Crippen LogP contribution is 2.15. The predicted molar refractivity (Wildman–Crippen MR) is 71.1 cm³/mol. The molecule has 0 aliphatic rings. The Hall–Kier alpha value is -2.37. The number of benzene rings is 1. The predicted octanol–water partition coefficient (Wildman–Crippen LogP) is 0.548. The molecule has 0 aliphatic heterocycles. The van der Waals surface area contributed by atoms with E-state index >= 15 is 0 Å². The number of carbonyl (C=O) groups excluding carboxylic acids is 2. The van der Waals surface area contributed by atoms with Crippen molar-refractivity contribution < 1.29 is 9.59 Å². The first-order valence-corrected chi connectivity index (χ1v) is 6.11. The quantitative estimate of drug-likeness (QED) is 0.822. The summed E-state index contributed by atoms with van der Waals surface area (Å²) in [6, 6.07) is 7.47. The molecule has 1 heterocycles. The molecule has 2 aromatic rings. The zero-order valence-electron chi connectivity index (χ0n) is 10.7. The number of hydrogen-bond acceptors (Lipinski definition) is 3. The van der Waals surface area contributed by atoms with Gasteiger partial charge in [-0.2, -0.15) is 0 Å². The van der Waals surface area contributed by atoms with E-state index in [0.717, 1.165) is 11.0 Å². The van der Waals surface area contributed by atoms with Gasteiger partial charge >= 0.3 is 0 Å². The first-order chi connectivity index (χ1) is 9.11. The van der Waals surface area contributed by atoms with E-state index in [0.29, 0.717) is 12.2 Å². The molecular weight excluding hydrogens is 244 g/mol. The molecule has 6 heteroatoms. The molecular formula is C13H16N4O2. The van der Waals surface area contributed by atoms with Gasteiger partial charge in [0.05, 0.1) is 17.6 Å². The van der Waals surface area contributed by atoms with Crippen LogP contribution in [0.4, 0.5) is 0 Å². The van der Waals surface area contributed by atoms with Crippen LogP contribution < -0.4 is 11.1 Å². The van der Waals surface area contributed by atoms with Gasteiger partial charge in [-0.15, -0.1) is 0 Å². The Morgan fingerprint density at radius 2 is 2.11 bits per heavy atom. The lowest BCUT2D eigenvalue weighted by atomic mass is 10.3. The van der Waals surface area contributed by atoms with E-state index in [9.17, 15) is 9.59 Å². The SMILES string of the molecule is CCC(=O)NCc1nc2ccccc2n1CC(N)=O. The molecule has 0 spiro atoms. The van der Waals surface area contributed by atoms with Crippen LogP contribution in [0.1, 0.15) is 19.2 Å². The largest absolute Gasteiger partial charge is 0.368 e. The van der Waals surface area contributed by atoms with Gasteiger partial charge in [0, 0.05) is 6.42 Å². The van der Waals surface area contributed by atoms with Crippen LogP contribution in [0.25, 0.3) is 11.0 Å². The molecule has 6 nitrogen and oxygen atoms in total. The molecule has 19 heavy (non-hydrogen) atoms. The van der Waals surface area contributed by atoms with Crippen molar-refractivity contribution in [1.29, 1.82) is 0 Å². The second-order valence-corrected chi connectivity index (χ2v) is 4.20. The van der Waals surface area contributed by atoms with Crippen molar-refractivity contribution in [2.45, 2.75) is 26.4 Å². The van der Waals surface area contributed by atoms with Crippen LogP contribution >= 0.6 is 0 Å². The van der Waals surface area contributed by atoms with Crippen LogP contribution in [0.5, 0.6) is 0 Å². The van der Waals surface area contributed by atoms with E-state index in [1.54, 1.807) is 11.5 Å². The summed E-state index contributed by atoms with van der Waals surface area (Å²) in [5.41, 5.74) is 6.87. The van der Waals surface area contributed by atoms with Gasteiger partial charge in [-0.25, -0.2) is 4.98 Å². The smallest absolute Gasteiger partial charge is 0.237 e. The molecule has 2 amide bonds. The maximum absolute atomic E-state index is 11.3. The number of hydrogen-bond donors (Lipinski definition) is 2. The number of primary amides is 1. The Labute approximate surface area is 110 Å². The fraction of sp³-hybridized carbons (Fsp3) is 0.308. The van der Waals surface area contributed by atoms with E-state index in [-0.39, 0.29) is 19.0 Å². The molecule has 0 bridgehead atoms. The Morgan fingerprint density at radius 3 is 2.79 bits per heavy atom. The molecule has 1 aromatic carbocycles. The molecule has 2 rings (SSSR count). The van der Waals surface area contributed by atoms with Crippen LogP contribution in [0.3, 0.4) is 0 Å². The molecule has 0 fully saturated rings. The molecule has 0 saturated heterocycles. The number of aromatic nitrogens is 2. The van der Waals surface area contributed by atoms with Crippen LogP contribution in [0.15, 0.2) is 24.3 Å². The molecule has 0 atom stereocenters. The zero-order chi connectivity index (χ0) is 13.8. The minimum absolute atomic E-state index is 0.0534. The third kappa shape index (κ3) is 2.90. The van der Waals surface area contributed by atoms with Gasteiger partial charge in [-0.3, -0.25) is 9.59 Å². The highest BCUT2D eigenvalue weighted by atomic mass is 16.2. The van der Waals surface area contributed by atoms with Gasteiger partial charge in [0.2, 0.25) is 11.8 Å². The number of para-hydroxylation sites is 2. The maximum Gasteiger partial charge on any atom is 0.237 e. The van der Waals surface area contributed by atoms with E-state index in [2.05, 4.69) is 10.3 Å². The van der Waals surface area contributed by atoms with Crippen molar-refractivity contribution in [2.24, 2.45) is 5.73 Å². The fourth-order valence-electron chi connectivity index (χ4n) is 1.90. The van der Waals surface area contributed by atoms with Crippen molar-refractivity contribution in [2.75, 3.05) is 0 Å². The first kappa shape index (κ1) is 13.1. The summed E-state index contributed by atoms with van der Waals surface area (Å²) < 4.78 is 1.73. The van der Waals surface area contributed by atoms with Crippen molar-refractivity contribution in [3.05, 3.63) is 30.1 Å². The van der Waals surface area contributed by atoms with Crippen LogP contribution in [0, 0.1) is 0 Å². The molecule has 0 saturated carbocycles. The van der Waals surface area contributed by atoms with Gasteiger partial charge in [0.15, 0.2) is 0 Å². The number of rotatable bonds is 5. The summed E-state index contributed by atoms with van der Waals surface area (Å²) >= 11 is 0. The molecule has 3 N–H and O–H groups in total. The Bertz CT molecular complexity index is 618. The number of nitrogens with two attached hydrogens (primary N) is 1. The summed E-state index contributed by atoms with van der Waals surface area (Å²) in [5.74, 6) is 0.130. The van der Waals surface area contributed by atoms with Crippen LogP contribution in [-0.2, 0) is 22.7 Å². The summed E-state index contributed by atoms with van der Waals surface area (Å²) in [6.45, 7) is 2.12. The summed E-state index contributed by atoms with van der Waals surface area (Å²) in [5, 5.41) is 2.75. The van der Waals surface area contributed by atoms with Crippen molar-refractivity contribution in [3.8, 4) is 0 Å². The van der Waals surface area contributed by atoms with Gasteiger partial charge < -0.3 is 15.6 Å². The number of fused-ring (bicyclic) bond motifs is 1. The molecule has 0 radical (unpaired) electrons. The Balaban J connectivity index is 2.35. The lowest BCUT2D eigenvalue weighted by Gasteiger charge is -2.07. The lowest BCUT2D eigenvalue weighted by Crippen LogP contribution is -2.26. The third-order valence-corrected chi connectivity index (χ3v) is 2.81. The Morgan fingerprint density at radius 1 is 1.37 bits per heavy atom. The first-order valence-electron chi connectivity index (χ1n) is 6.11. The average Bonchev–Trinajstić information content (AvgIpc) is 2.74. The van der Waals surface area contributed by atoms with Gasteiger partial charge in [0.25, 0.3) is 0 Å². The fourth-order valence-corrected chi connectivity index (χ4v) is 1.90. The van der Waals surface area contributed by atoms with Gasteiger partial charge in [-0.1, -0.05) is 19.1 Å². The molecule has 0 aliphatic carbocycles. The highest BCUT2D eigenvalue weighted by Gasteiger charge is 2.12. The summed E-state index contributed by atoms with van der Waals surface area (Å²) in [4.78, 5) is 26.8. The van der Waals surface area contributed by atoms with E-state index in [1.807, 2.05) is 24.3 Å². The second kappa shape index (κ2) is 5.51. The topological polar surface area (TPSA) is 90.0 Å². The van der Waals surface area contributed by atoms with E-state index in [4.69, 9.17) is 5.73 Å². The number of nitrogens with one attached hydrogen (secondary N) is 1. The maximum atomic E-state index is 11.3. The number of amides is 2. The number of nitrogens with zero attached hydrogens (tertiary/aromatic N) is 2. The second-order valence-electron chi connectivity index (χ2n) is 4.20. The number of imidazole rings is 1. The minimum atomic E-state index is -0.439. The number of carbonyl (C=O) groups is 2. The summed E-state index contributed by atoms with van der Waals surface area (Å²) in [7, 11) is 0. The standard InChI is InChI=1S/C13H16N4O2/c1-2-13(19)15-7-12-16-9-5-3-4-6-10(9)17(12)8-11(14)18/h3-6H,2,7-8H2,1H3,(H2,14,18)(H,15,19). The third-order valence-electron chi connectivity index (χ3n) is 2.81. The lowest BCUT2D eigenvalue weighted by molar-refractivity contribution is -0.121. The molecule has 100 valence electrons. The van der Waals surface area contributed by atoms with Gasteiger partial charge in [0.1, 0.15) is 12.4 Å². The monoisotopic (exact) mass is 260 g/mol.